The maximum atomic E-state index is 13.8. The number of aliphatic imine (C=N–C) groups is 1. The zero-order valence-corrected chi connectivity index (χ0v) is 20.6. The largest absolute Gasteiger partial charge is 0.366 e. The van der Waals surface area contributed by atoms with Crippen LogP contribution in [0.4, 0.5) is 0 Å². The Morgan fingerprint density at radius 2 is 1.44 bits per heavy atom. The van der Waals surface area contributed by atoms with E-state index in [4.69, 9.17) is 0 Å². The minimum atomic E-state index is -0.603. The second-order valence-electron chi connectivity index (χ2n) is 10.3. The fourth-order valence-electron chi connectivity index (χ4n) is 6.28. The van der Waals surface area contributed by atoms with Gasteiger partial charge in [-0.3, -0.25) is 4.79 Å². The SMILES string of the molecule is CN(C)C1=NC(=O)C(c2ccccc2)=C2C3C=CC(C2C1(C)C)n1c(=O)n(-c2ccccc2)c(=O)n13. The molecule has 8 heteroatoms. The highest BCUT2D eigenvalue weighted by atomic mass is 16.2. The second-order valence-corrected chi connectivity index (χ2v) is 10.3. The normalized spacial score (nSPS) is 23.7. The standard InChI is InChI=1S/C28H27N5O3/c1-28(2)23-20-16-15-19(32-26(35)31(27(36)33(20)32)18-13-9-6-10-14-18)22(23)21(17-11-7-5-8-12-17)24(34)29-25(28)30(3)4/h5-16,19-20,23H,1-4H3. The highest BCUT2D eigenvalue weighted by molar-refractivity contribution is 6.25. The van der Waals surface area contributed by atoms with E-state index < -0.39 is 23.2 Å². The topological polar surface area (TPSA) is 81.6 Å². The Balaban J connectivity index is 1.71. The van der Waals surface area contributed by atoms with Crippen molar-refractivity contribution in [3.8, 4) is 5.69 Å². The van der Waals surface area contributed by atoms with Crippen molar-refractivity contribution in [2.24, 2.45) is 16.3 Å². The van der Waals surface area contributed by atoms with E-state index in [0.717, 1.165) is 11.1 Å². The highest BCUT2D eigenvalue weighted by Gasteiger charge is 2.54. The van der Waals surface area contributed by atoms with Crippen molar-refractivity contribution in [1.82, 2.24) is 18.8 Å². The molecule has 3 atom stereocenters. The van der Waals surface area contributed by atoms with Crippen LogP contribution in [0.5, 0.6) is 0 Å². The predicted molar refractivity (Wildman–Crippen MR) is 138 cm³/mol. The quantitative estimate of drug-likeness (QED) is 0.527. The molecule has 0 radical (unpaired) electrons. The molecule has 0 fully saturated rings. The van der Waals surface area contributed by atoms with Crippen molar-refractivity contribution in [2.75, 3.05) is 14.1 Å². The second kappa shape index (κ2) is 7.65. The Morgan fingerprint density at radius 1 is 0.833 bits per heavy atom. The van der Waals surface area contributed by atoms with Gasteiger partial charge in [0.15, 0.2) is 0 Å². The van der Waals surface area contributed by atoms with E-state index >= 15 is 0 Å². The van der Waals surface area contributed by atoms with Crippen LogP contribution < -0.4 is 11.4 Å². The first-order valence-electron chi connectivity index (χ1n) is 12.0. The van der Waals surface area contributed by atoms with Crippen molar-refractivity contribution in [1.29, 1.82) is 0 Å². The highest BCUT2D eigenvalue weighted by Crippen LogP contribution is 2.55. The summed E-state index contributed by atoms with van der Waals surface area (Å²) in [5.41, 5.74) is 1.19. The lowest BCUT2D eigenvalue weighted by molar-refractivity contribution is -0.112. The van der Waals surface area contributed by atoms with Gasteiger partial charge < -0.3 is 4.90 Å². The third kappa shape index (κ3) is 2.87. The number of amidine groups is 1. The molecule has 4 aliphatic rings. The maximum Gasteiger partial charge on any atom is 0.352 e. The number of carbonyl (C=O) groups excluding carboxylic acids is 1. The molecule has 4 heterocycles. The van der Waals surface area contributed by atoms with Crippen molar-refractivity contribution in [2.45, 2.75) is 25.9 Å². The summed E-state index contributed by atoms with van der Waals surface area (Å²) in [4.78, 5) is 47.8. The summed E-state index contributed by atoms with van der Waals surface area (Å²) in [6, 6.07) is 17.4. The fraction of sp³-hybridized carbons (Fsp3) is 0.286. The molecule has 1 amide bonds. The Bertz CT molecular complexity index is 1600. The first-order valence-corrected chi connectivity index (χ1v) is 12.0. The molecule has 0 saturated heterocycles. The van der Waals surface area contributed by atoms with Crippen LogP contribution in [0.25, 0.3) is 11.3 Å². The van der Waals surface area contributed by atoms with Crippen LogP contribution in [-0.2, 0) is 4.79 Å². The van der Waals surface area contributed by atoms with Crippen LogP contribution in [0.1, 0.15) is 31.5 Å². The smallest absolute Gasteiger partial charge is 0.352 e. The number of aromatic nitrogens is 3. The van der Waals surface area contributed by atoms with Gasteiger partial charge in [0.05, 0.1) is 23.3 Å². The van der Waals surface area contributed by atoms with Crippen LogP contribution >= 0.6 is 0 Å². The van der Waals surface area contributed by atoms with E-state index in [1.807, 2.05) is 67.5 Å². The molecule has 3 aromatic rings. The molecule has 1 aromatic heterocycles. The summed E-state index contributed by atoms with van der Waals surface area (Å²) < 4.78 is 4.30. The first kappa shape index (κ1) is 22.3. The average Bonchev–Trinajstić information content (AvgIpc) is 3.09. The Morgan fingerprint density at radius 3 is 2.08 bits per heavy atom. The molecule has 8 nitrogen and oxygen atoms in total. The zero-order valence-electron chi connectivity index (χ0n) is 20.6. The van der Waals surface area contributed by atoms with Gasteiger partial charge in [0.1, 0.15) is 5.84 Å². The molecule has 182 valence electrons. The summed E-state index contributed by atoms with van der Waals surface area (Å²) in [5.74, 6) is 0.0474. The number of rotatable bonds is 2. The molecular formula is C28H27N5O3. The summed E-state index contributed by atoms with van der Waals surface area (Å²) in [5, 5.41) is 0. The number of nitrogens with zero attached hydrogens (tertiary/aromatic N) is 5. The molecule has 2 aromatic carbocycles. The molecule has 36 heavy (non-hydrogen) atoms. The number of carbonyl (C=O) groups is 1. The van der Waals surface area contributed by atoms with E-state index in [1.54, 1.807) is 28.9 Å². The molecular weight excluding hydrogens is 454 g/mol. The van der Waals surface area contributed by atoms with E-state index in [0.29, 0.717) is 17.1 Å². The molecule has 3 aliphatic heterocycles. The summed E-state index contributed by atoms with van der Waals surface area (Å²) in [6.07, 6.45) is 3.95. The lowest BCUT2D eigenvalue weighted by Crippen LogP contribution is -2.53. The molecule has 0 N–H and O–H groups in total. The van der Waals surface area contributed by atoms with E-state index in [9.17, 15) is 14.4 Å². The molecule has 0 saturated carbocycles. The van der Waals surface area contributed by atoms with Crippen LogP contribution in [0.15, 0.2) is 93.0 Å². The molecule has 7 rings (SSSR count). The molecule has 2 bridgehead atoms. The van der Waals surface area contributed by atoms with Gasteiger partial charge in [0.2, 0.25) is 0 Å². The summed E-state index contributed by atoms with van der Waals surface area (Å²) >= 11 is 0. The summed E-state index contributed by atoms with van der Waals surface area (Å²) in [6.45, 7) is 4.13. The van der Waals surface area contributed by atoms with Crippen molar-refractivity contribution < 1.29 is 4.79 Å². The van der Waals surface area contributed by atoms with E-state index in [1.165, 1.54) is 9.25 Å². The Kier molecular flexibility index (Phi) is 4.73. The number of hydrogen-bond donors (Lipinski definition) is 0. The van der Waals surface area contributed by atoms with Gasteiger partial charge in [0.25, 0.3) is 5.91 Å². The lowest BCUT2D eigenvalue weighted by atomic mass is 9.64. The van der Waals surface area contributed by atoms with Crippen molar-refractivity contribution in [3.05, 3.63) is 105 Å². The lowest BCUT2D eigenvalue weighted by Gasteiger charge is -2.49. The molecule has 0 spiro atoms. The number of para-hydroxylation sites is 1. The van der Waals surface area contributed by atoms with Gasteiger partial charge in [-0.2, -0.15) is 4.99 Å². The van der Waals surface area contributed by atoms with Gasteiger partial charge in [0, 0.05) is 25.4 Å². The van der Waals surface area contributed by atoms with Gasteiger partial charge in [-0.05, 0) is 23.3 Å². The fourth-order valence-corrected chi connectivity index (χ4v) is 6.28. The molecule has 3 unspecified atom stereocenters. The Labute approximate surface area is 208 Å². The van der Waals surface area contributed by atoms with Gasteiger partial charge in [-0.15, -0.1) is 0 Å². The monoisotopic (exact) mass is 481 g/mol. The number of hydrogen-bond acceptors (Lipinski definition) is 4. The number of allylic oxidation sites excluding steroid dienone is 3. The van der Waals surface area contributed by atoms with Crippen LogP contribution in [0.3, 0.4) is 0 Å². The Hall–Kier alpha value is -4.20. The summed E-state index contributed by atoms with van der Waals surface area (Å²) in [7, 11) is 3.76. The number of benzene rings is 2. The van der Waals surface area contributed by atoms with Gasteiger partial charge in [-0.25, -0.2) is 23.5 Å². The third-order valence-electron chi connectivity index (χ3n) is 7.60. The first-order chi connectivity index (χ1) is 17.2. The van der Waals surface area contributed by atoms with Crippen molar-refractivity contribution >= 4 is 17.3 Å². The average molecular weight is 482 g/mol. The van der Waals surface area contributed by atoms with E-state index in [2.05, 4.69) is 18.8 Å². The van der Waals surface area contributed by atoms with Crippen LogP contribution in [-0.4, -0.2) is 44.7 Å². The van der Waals surface area contributed by atoms with Gasteiger partial charge >= 0.3 is 11.4 Å². The van der Waals surface area contributed by atoms with Crippen LogP contribution in [0, 0.1) is 11.3 Å². The minimum absolute atomic E-state index is 0.265. The third-order valence-corrected chi connectivity index (χ3v) is 7.60. The van der Waals surface area contributed by atoms with Gasteiger partial charge in [-0.1, -0.05) is 74.5 Å². The van der Waals surface area contributed by atoms with E-state index in [-0.39, 0.29) is 17.5 Å². The zero-order chi connectivity index (χ0) is 25.4. The maximum absolute atomic E-state index is 13.8. The van der Waals surface area contributed by atoms with Crippen LogP contribution in [0.2, 0.25) is 0 Å². The predicted octanol–water partition coefficient (Wildman–Crippen LogP) is 3.06. The molecule has 1 aliphatic carbocycles. The van der Waals surface area contributed by atoms with Crippen molar-refractivity contribution in [3.63, 3.8) is 0 Å². The minimum Gasteiger partial charge on any atom is -0.366 e. The number of amides is 1.